The molecule has 0 unspecified atom stereocenters. The van der Waals surface area contributed by atoms with Crippen molar-refractivity contribution in [2.24, 2.45) is 5.73 Å². The largest absolute Gasteiger partial charge is 0.493 e. The second kappa shape index (κ2) is 5.30. The standard InChI is InChI=1S/C13H17NOS/c14-13(16)7-8-15-12-6-5-10-3-1-2-4-11(10)9-12/h5-6,9H,1-4,7-8H2,(H2,14,16). The summed E-state index contributed by atoms with van der Waals surface area (Å²) in [4.78, 5) is 0.512. The maximum Gasteiger partial charge on any atom is 0.119 e. The summed E-state index contributed by atoms with van der Waals surface area (Å²) < 4.78 is 5.62. The second-order valence-corrected chi connectivity index (χ2v) is 4.73. The molecule has 0 bridgehead atoms. The van der Waals surface area contributed by atoms with E-state index in [0.29, 0.717) is 18.0 Å². The van der Waals surface area contributed by atoms with Gasteiger partial charge in [0.15, 0.2) is 0 Å². The van der Waals surface area contributed by atoms with Crippen molar-refractivity contribution in [3.8, 4) is 5.75 Å². The molecule has 0 heterocycles. The maximum atomic E-state index is 5.62. The highest BCUT2D eigenvalue weighted by molar-refractivity contribution is 7.80. The van der Waals surface area contributed by atoms with Crippen molar-refractivity contribution >= 4 is 17.2 Å². The third-order valence-corrected chi connectivity index (χ3v) is 3.14. The van der Waals surface area contributed by atoms with E-state index in [0.717, 1.165) is 5.75 Å². The maximum absolute atomic E-state index is 5.62. The number of hydrogen-bond donors (Lipinski definition) is 1. The van der Waals surface area contributed by atoms with Crippen LogP contribution < -0.4 is 10.5 Å². The molecule has 0 atom stereocenters. The van der Waals surface area contributed by atoms with Crippen molar-refractivity contribution < 1.29 is 4.74 Å². The van der Waals surface area contributed by atoms with Gasteiger partial charge >= 0.3 is 0 Å². The van der Waals surface area contributed by atoms with Crippen molar-refractivity contribution in [3.63, 3.8) is 0 Å². The average Bonchev–Trinajstić information content (AvgIpc) is 2.28. The molecule has 16 heavy (non-hydrogen) atoms. The van der Waals surface area contributed by atoms with E-state index in [4.69, 9.17) is 22.7 Å². The summed E-state index contributed by atoms with van der Waals surface area (Å²) in [7, 11) is 0. The van der Waals surface area contributed by atoms with Crippen LogP contribution in [-0.4, -0.2) is 11.6 Å². The predicted octanol–water partition coefficient (Wildman–Crippen LogP) is 2.62. The van der Waals surface area contributed by atoms with Crippen LogP contribution in [0.4, 0.5) is 0 Å². The lowest BCUT2D eigenvalue weighted by molar-refractivity contribution is 0.329. The minimum Gasteiger partial charge on any atom is -0.493 e. The van der Waals surface area contributed by atoms with E-state index in [1.165, 1.54) is 36.8 Å². The van der Waals surface area contributed by atoms with Crippen molar-refractivity contribution in [1.82, 2.24) is 0 Å². The number of hydrogen-bond acceptors (Lipinski definition) is 2. The molecule has 2 nitrogen and oxygen atoms in total. The molecule has 0 fully saturated rings. The van der Waals surface area contributed by atoms with Crippen molar-refractivity contribution in [3.05, 3.63) is 29.3 Å². The van der Waals surface area contributed by atoms with Crippen molar-refractivity contribution in [2.75, 3.05) is 6.61 Å². The van der Waals surface area contributed by atoms with Crippen LogP contribution in [0.15, 0.2) is 18.2 Å². The van der Waals surface area contributed by atoms with Crippen LogP contribution in [0.5, 0.6) is 5.75 Å². The minimum absolute atomic E-state index is 0.512. The van der Waals surface area contributed by atoms with Crippen LogP contribution in [0, 0.1) is 0 Å². The first-order valence-corrected chi connectivity index (χ1v) is 6.19. The highest BCUT2D eigenvalue weighted by atomic mass is 32.1. The van der Waals surface area contributed by atoms with Gasteiger partial charge in [0.1, 0.15) is 5.75 Å². The van der Waals surface area contributed by atoms with E-state index in [2.05, 4.69) is 12.1 Å². The lowest BCUT2D eigenvalue weighted by Crippen LogP contribution is -2.12. The van der Waals surface area contributed by atoms with E-state index in [1.807, 2.05) is 6.07 Å². The van der Waals surface area contributed by atoms with Crippen LogP contribution in [0.1, 0.15) is 30.4 Å². The Balaban J connectivity index is 1.97. The number of fused-ring (bicyclic) bond motifs is 1. The van der Waals surface area contributed by atoms with Crippen LogP contribution >= 0.6 is 12.2 Å². The predicted molar refractivity (Wildman–Crippen MR) is 70.0 cm³/mol. The van der Waals surface area contributed by atoms with Gasteiger partial charge in [-0.1, -0.05) is 18.3 Å². The Morgan fingerprint density at radius 1 is 1.25 bits per heavy atom. The second-order valence-electron chi connectivity index (χ2n) is 4.20. The minimum atomic E-state index is 0.512. The Bertz CT molecular complexity index is 390. The van der Waals surface area contributed by atoms with Crippen LogP contribution in [0.25, 0.3) is 0 Å². The lowest BCUT2D eigenvalue weighted by atomic mass is 9.92. The van der Waals surface area contributed by atoms with Gasteiger partial charge in [0, 0.05) is 6.42 Å². The topological polar surface area (TPSA) is 35.2 Å². The van der Waals surface area contributed by atoms with E-state index < -0.39 is 0 Å². The molecule has 0 spiro atoms. The van der Waals surface area contributed by atoms with E-state index in [-0.39, 0.29) is 0 Å². The Morgan fingerprint density at radius 3 is 2.75 bits per heavy atom. The molecule has 0 aromatic heterocycles. The first kappa shape index (κ1) is 11.4. The Labute approximate surface area is 102 Å². The summed E-state index contributed by atoms with van der Waals surface area (Å²) in [6, 6.07) is 6.39. The molecule has 3 heteroatoms. The SMILES string of the molecule is NC(=S)CCOc1ccc2c(c1)CCCC2. The van der Waals surface area contributed by atoms with Gasteiger partial charge in [-0.15, -0.1) is 0 Å². The van der Waals surface area contributed by atoms with E-state index in [1.54, 1.807) is 0 Å². The van der Waals surface area contributed by atoms with Gasteiger partial charge in [-0.25, -0.2) is 0 Å². The summed E-state index contributed by atoms with van der Waals surface area (Å²) in [5.41, 5.74) is 8.34. The molecule has 0 saturated heterocycles. The molecule has 0 radical (unpaired) electrons. The summed E-state index contributed by atoms with van der Waals surface area (Å²) in [6.07, 6.45) is 5.65. The molecule has 1 aromatic rings. The fourth-order valence-electron chi connectivity index (χ4n) is 2.07. The van der Waals surface area contributed by atoms with Gasteiger partial charge in [0.2, 0.25) is 0 Å². The van der Waals surface area contributed by atoms with Crippen LogP contribution in [-0.2, 0) is 12.8 Å². The Kier molecular flexibility index (Phi) is 3.78. The fourth-order valence-corrected chi connectivity index (χ4v) is 2.15. The van der Waals surface area contributed by atoms with E-state index in [9.17, 15) is 0 Å². The van der Waals surface area contributed by atoms with Gasteiger partial charge in [0.25, 0.3) is 0 Å². The molecule has 1 aromatic carbocycles. The fraction of sp³-hybridized carbons (Fsp3) is 0.462. The summed E-state index contributed by atoms with van der Waals surface area (Å²) in [5.74, 6) is 0.942. The first-order chi connectivity index (χ1) is 7.75. The molecule has 2 rings (SSSR count). The third-order valence-electron chi connectivity index (χ3n) is 2.94. The molecule has 0 aliphatic heterocycles. The highest BCUT2D eigenvalue weighted by Crippen LogP contribution is 2.25. The summed E-state index contributed by atoms with van der Waals surface area (Å²) in [5, 5.41) is 0. The smallest absolute Gasteiger partial charge is 0.119 e. The average molecular weight is 235 g/mol. The lowest BCUT2D eigenvalue weighted by Gasteiger charge is -2.16. The zero-order valence-electron chi connectivity index (χ0n) is 9.37. The molecule has 1 aliphatic rings. The quantitative estimate of drug-likeness (QED) is 0.815. The number of benzene rings is 1. The summed E-state index contributed by atoms with van der Waals surface area (Å²) >= 11 is 4.81. The summed E-state index contributed by atoms with van der Waals surface area (Å²) in [6.45, 7) is 0.578. The molecular weight excluding hydrogens is 218 g/mol. The number of thiocarbonyl (C=S) groups is 1. The van der Waals surface area contributed by atoms with Crippen LogP contribution in [0.3, 0.4) is 0 Å². The number of nitrogens with two attached hydrogens (primary N) is 1. The Hall–Kier alpha value is -1.09. The zero-order chi connectivity index (χ0) is 11.4. The van der Waals surface area contributed by atoms with Gasteiger partial charge in [-0.3, -0.25) is 0 Å². The van der Waals surface area contributed by atoms with Gasteiger partial charge < -0.3 is 10.5 Å². The third kappa shape index (κ3) is 2.95. The Morgan fingerprint density at radius 2 is 2.00 bits per heavy atom. The number of ether oxygens (including phenoxy) is 1. The normalized spacial score (nSPS) is 14.2. The molecule has 1 aliphatic carbocycles. The monoisotopic (exact) mass is 235 g/mol. The molecule has 0 amide bonds. The molecule has 86 valence electrons. The van der Waals surface area contributed by atoms with Crippen LogP contribution in [0.2, 0.25) is 0 Å². The van der Waals surface area contributed by atoms with Crippen molar-refractivity contribution in [1.29, 1.82) is 0 Å². The van der Waals surface area contributed by atoms with E-state index >= 15 is 0 Å². The van der Waals surface area contributed by atoms with Gasteiger partial charge in [-0.05, 0) is 48.9 Å². The number of rotatable bonds is 4. The highest BCUT2D eigenvalue weighted by Gasteiger charge is 2.09. The zero-order valence-corrected chi connectivity index (χ0v) is 10.2. The van der Waals surface area contributed by atoms with Gasteiger partial charge in [-0.2, -0.15) is 0 Å². The first-order valence-electron chi connectivity index (χ1n) is 5.78. The van der Waals surface area contributed by atoms with Gasteiger partial charge in [0.05, 0.1) is 11.6 Å². The molecule has 2 N–H and O–H groups in total. The molecular formula is C13H17NOS. The van der Waals surface area contributed by atoms with Crippen molar-refractivity contribution in [2.45, 2.75) is 32.1 Å². The number of aryl methyl sites for hydroxylation is 2. The molecule has 0 saturated carbocycles.